The van der Waals surface area contributed by atoms with E-state index in [4.69, 9.17) is 16.3 Å². The number of rotatable bonds is 4. The third kappa shape index (κ3) is 3.73. The minimum Gasteiger partial charge on any atom is -0.457 e. The molecule has 0 saturated carbocycles. The highest BCUT2D eigenvalue weighted by Gasteiger charge is 2.18. The molecule has 2 rings (SSSR count). The summed E-state index contributed by atoms with van der Waals surface area (Å²) in [5.74, 6) is 0.496. The largest absolute Gasteiger partial charge is 0.457 e. The molecule has 0 aliphatic rings. The molecule has 7 heteroatoms. The summed E-state index contributed by atoms with van der Waals surface area (Å²) in [5, 5.41) is 14.0. The van der Waals surface area contributed by atoms with E-state index in [1.54, 1.807) is 31.2 Å². The van der Waals surface area contributed by atoms with Crippen molar-refractivity contribution in [1.29, 1.82) is 0 Å². The number of nitrogens with zero attached hydrogens (tertiary/aromatic N) is 1. The van der Waals surface area contributed by atoms with Crippen LogP contribution in [0.3, 0.4) is 0 Å². The van der Waals surface area contributed by atoms with Crippen LogP contribution < -0.4 is 10.1 Å². The van der Waals surface area contributed by atoms with E-state index in [2.05, 4.69) is 5.32 Å². The van der Waals surface area contributed by atoms with Crippen molar-refractivity contribution in [3.63, 3.8) is 0 Å². The van der Waals surface area contributed by atoms with E-state index in [1.165, 1.54) is 19.1 Å². The fourth-order valence-corrected chi connectivity index (χ4v) is 2.06. The lowest BCUT2D eigenvalue weighted by Crippen LogP contribution is -2.08. The Morgan fingerprint density at radius 3 is 2.64 bits per heavy atom. The molecule has 2 aromatic carbocycles. The number of aryl methyl sites for hydroxylation is 1. The second-order valence-electron chi connectivity index (χ2n) is 4.63. The molecule has 0 heterocycles. The van der Waals surface area contributed by atoms with Crippen molar-refractivity contribution in [2.75, 3.05) is 5.32 Å². The zero-order chi connectivity index (χ0) is 16.3. The van der Waals surface area contributed by atoms with Crippen LogP contribution in [0, 0.1) is 17.0 Å². The summed E-state index contributed by atoms with van der Waals surface area (Å²) in [4.78, 5) is 21.7. The number of carbonyl (C=O) groups excluding carboxylic acids is 1. The maximum Gasteiger partial charge on any atom is 0.293 e. The van der Waals surface area contributed by atoms with Gasteiger partial charge in [-0.1, -0.05) is 17.7 Å². The SMILES string of the molecule is CC(=O)Nc1cc(Oc2cccc(Cl)c2)c(C)cc1[N+](=O)[O-]. The van der Waals surface area contributed by atoms with E-state index in [0.29, 0.717) is 22.1 Å². The van der Waals surface area contributed by atoms with Crippen LogP contribution in [0.4, 0.5) is 11.4 Å². The van der Waals surface area contributed by atoms with Gasteiger partial charge in [-0.3, -0.25) is 14.9 Å². The number of carbonyl (C=O) groups is 1. The summed E-state index contributed by atoms with van der Waals surface area (Å²) >= 11 is 5.89. The van der Waals surface area contributed by atoms with Crippen molar-refractivity contribution in [2.45, 2.75) is 13.8 Å². The first kappa shape index (κ1) is 15.8. The molecule has 1 N–H and O–H groups in total. The van der Waals surface area contributed by atoms with Crippen LogP contribution in [0.5, 0.6) is 11.5 Å². The summed E-state index contributed by atoms with van der Waals surface area (Å²) in [7, 11) is 0. The van der Waals surface area contributed by atoms with Gasteiger partial charge in [0.25, 0.3) is 5.69 Å². The molecular weight excluding hydrogens is 308 g/mol. The third-order valence-corrected chi connectivity index (χ3v) is 3.06. The summed E-state index contributed by atoms with van der Waals surface area (Å²) in [6, 6.07) is 9.55. The molecule has 0 aliphatic carbocycles. The maximum absolute atomic E-state index is 11.2. The van der Waals surface area contributed by atoms with Gasteiger partial charge in [0.2, 0.25) is 5.91 Å². The minimum atomic E-state index is -0.554. The average molecular weight is 321 g/mol. The molecule has 6 nitrogen and oxygen atoms in total. The standard InChI is InChI=1S/C15H13ClN2O4/c1-9-6-14(18(20)21)13(17-10(2)19)8-15(9)22-12-5-3-4-11(16)7-12/h3-8H,1-2H3,(H,17,19). The summed E-state index contributed by atoms with van der Waals surface area (Å²) in [6.45, 7) is 2.96. The molecule has 0 aliphatic heterocycles. The first-order valence-electron chi connectivity index (χ1n) is 6.37. The van der Waals surface area contributed by atoms with E-state index < -0.39 is 10.8 Å². The lowest BCUT2D eigenvalue weighted by atomic mass is 10.1. The molecule has 0 aromatic heterocycles. The fraction of sp³-hybridized carbons (Fsp3) is 0.133. The number of nitro groups is 1. The Hall–Kier alpha value is -2.60. The minimum absolute atomic E-state index is 0.0835. The van der Waals surface area contributed by atoms with E-state index in [0.717, 1.165) is 0 Å². The highest BCUT2D eigenvalue weighted by Crippen LogP contribution is 2.35. The molecule has 0 radical (unpaired) electrons. The Bertz CT molecular complexity index is 746. The normalized spacial score (nSPS) is 10.1. The first-order chi connectivity index (χ1) is 10.4. The van der Waals surface area contributed by atoms with Gasteiger partial charge in [0.05, 0.1) is 4.92 Å². The van der Waals surface area contributed by atoms with Crippen LogP contribution in [0.25, 0.3) is 0 Å². The monoisotopic (exact) mass is 320 g/mol. The first-order valence-corrected chi connectivity index (χ1v) is 6.74. The summed E-state index contributed by atoms with van der Waals surface area (Å²) < 4.78 is 5.69. The quantitative estimate of drug-likeness (QED) is 0.672. The number of amides is 1. The molecule has 0 saturated heterocycles. The maximum atomic E-state index is 11.2. The number of nitro benzene ring substituents is 1. The van der Waals surface area contributed by atoms with Crippen molar-refractivity contribution < 1.29 is 14.5 Å². The molecular formula is C15H13ClN2O4. The van der Waals surface area contributed by atoms with Gasteiger partial charge in [0, 0.05) is 24.1 Å². The lowest BCUT2D eigenvalue weighted by molar-refractivity contribution is -0.384. The molecule has 2 aromatic rings. The van der Waals surface area contributed by atoms with E-state index in [9.17, 15) is 14.9 Å². The highest BCUT2D eigenvalue weighted by molar-refractivity contribution is 6.30. The Balaban J connectivity index is 2.43. The Kier molecular flexibility index (Phi) is 4.62. The zero-order valence-electron chi connectivity index (χ0n) is 11.9. The van der Waals surface area contributed by atoms with Gasteiger partial charge in [-0.05, 0) is 30.7 Å². The van der Waals surface area contributed by atoms with Crippen LogP contribution >= 0.6 is 11.6 Å². The van der Waals surface area contributed by atoms with E-state index in [1.807, 2.05) is 0 Å². The number of nitrogens with one attached hydrogen (secondary N) is 1. The van der Waals surface area contributed by atoms with Crippen molar-refractivity contribution in [1.82, 2.24) is 0 Å². The predicted molar refractivity (Wildman–Crippen MR) is 83.7 cm³/mol. The number of ether oxygens (including phenoxy) is 1. The Labute approximate surface area is 131 Å². The molecule has 114 valence electrons. The van der Waals surface area contributed by atoms with Crippen molar-refractivity contribution in [3.05, 3.63) is 57.1 Å². The second kappa shape index (κ2) is 6.44. The lowest BCUT2D eigenvalue weighted by Gasteiger charge is -2.12. The van der Waals surface area contributed by atoms with Gasteiger partial charge in [0.1, 0.15) is 17.2 Å². The molecule has 22 heavy (non-hydrogen) atoms. The molecule has 0 fully saturated rings. The van der Waals surface area contributed by atoms with Crippen LogP contribution in [0.1, 0.15) is 12.5 Å². The van der Waals surface area contributed by atoms with Gasteiger partial charge in [-0.25, -0.2) is 0 Å². The van der Waals surface area contributed by atoms with Crippen LogP contribution in [0.2, 0.25) is 5.02 Å². The number of halogens is 1. The van der Waals surface area contributed by atoms with Crippen molar-refractivity contribution >= 4 is 28.9 Å². The second-order valence-corrected chi connectivity index (χ2v) is 5.07. The Morgan fingerprint density at radius 1 is 1.32 bits per heavy atom. The van der Waals surface area contributed by atoms with Crippen LogP contribution in [-0.4, -0.2) is 10.8 Å². The van der Waals surface area contributed by atoms with E-state index >= 15 is 0 Å². The molecule has 1 amide bonds. The Morgan fingerprint density at radius 2 is 2.05 bits per heavy atom. The van der Waals surface area contributed by atoms with Crippen LogP contribution in [0.15, 0.2) is 36.4 Å². The van der Waals surface area contributed by atoms with Gasteiger partial charge >= 0.3 is 0 Å². The number of hydrogen-bond donors (Lipinski definition) is 1. The van der Waals surface area contributed by atoms with Gasteiger partial charge in [0.15, 0.2) is 0 Å². The molecule has 0 spiro atoms. The van der Waals surface area contributed by atoms with Gasteiger partial charge in [-0.2, -0.15) is 0 Å². The number of hydrogen-bond acceptors (Lipinski definition) is 4. The smallest absolute Gasteiger partial charge is 0.293 e. The van der Waals surface area contributed by atoms with Crippen molar-refractivity contribution in [2.24, 2.45) is 0 Å². The predicted octanol–water partition coefficient (Wildman–Crippen LogP) is 4.31. The van der Waals surface area contributed by atoms with E-state index in [-0.39, 0.29) is 11.4 Å². The molecule has 0 atom stereocenters. The topological polar surface area (TPSA) is 81.5 Å². The highest BCUT2D eigenvalue weighted by atomic mass is 35.5. The third-order valence-electron chi connectivity index (χ3n) is 2.82. The summed E-state index contributed by atoms with van der Waals surface area (Å²) in [5.41, 5.74) is 0.465. The van der Waals surface area contributed by atoms with Crippen molar-refractivity contribution in [3.8, 4) is 11.5 Å². The van der Waals surface area contributed by atoms with Gasteiger partial charge < -0.3 is 10.1 Å². The average Bonchev–Trinajstić information content (AvgIpc) is 2.41. The zero-order valence-corrected chi connectivity index (χ0v) is 12.7. The van der Waals surface area contributed by atoms with Crippen LogP contribution in [-0.2, 0) is 4.79 Å². The summed E-state index contributed by atoms with van der Waals surface area (Å²) in [6.07, 6.45) is 0. The number of anilines is 1. The number of benzene rings is 2. The molecule has 0 bridgehead atoms. The fourth-order valence-electron chi connectivity index (χ4n) is 1.88. The molecule has 0 unspecified atom stereocenters. The van der Waals surface area contributed by atoms with Gasteiger partial charge in [-0.15, -0.1) is 0 Å².